The summed E-state index contributed by atoms with van der Waals surface area (Å²) in [5, 5.41) is 10.4. The molecule has 4 rings (SSSR count). The number of fused-ring (bicyclic) bond motifs is 1. The van der Waals surface area contributed by atoms with E-state index >= 15 is 0 Å². The first-order valence-corrected chi connectivity index (χ1v) is 13.3. The number of imidazole rings is 1. The molecule has 2 aliphatic rings. The number of carboxylic acid groups (broad SMARTS) is 1. The van der Waals surface area contributed by atoms with E-state index in [2.05, 4.69) is 11.9 Å². The van der Waals surface area contributed by atoms with Crippen LogP contribution in [0.25, 0.3) is 0 Å². The summed E-state index contributed by atoms with van der Waals surface area (Å²) in [7, 11) is 1.55. The highest BCUT2D eigenvalue weighted by molar-refractivity contribution is 5.79. The fourth-order valence-electron chi connectivity index (χ4n) is 5.52. The van der Waals surface area contributed by atoms with Crippen molar-refractivity contribution in [3.8, 4) is 17.2 Å². The van der Waals surface area contributed by atoms with Crippen LogP contribution in [0.4, 0.5) is 0 Å². The summed E-state index contributed by atoms with van der Waals surface area (Å²) in [6, 6.07) is 3.34. The minimum absolute atomic E-state index is 0.00702. The Morgan fingerprint density at radius 3 is 2.76 bits per heavy atom. The number of rotatable bonds is 14. The second-order valence-corrected chi connectivity index (χ2v) is 9.89. The van der Waals surface area contributed by atoms with Crippen molar-refractivity contribution < 1.29 is 28.9 Å². The number of aryl methyl sites for hydroxylation is 1. The van der Waals surface area contributed by atoms with Crippen molar-refractivity contribution in [1.29, 1.82) is 0 Å². The van der Waals surface area contributed by atoms with Crippen molar-refractivity contribution in [3.05, 3.63) is 36.4 Å². The van der Waals surface area contributed by atoms with Gasteiger partial charge in [0.25, 0.3) is 0 Å². The van der Waals surface area contributed by atoms with Gasteiger partial charge in [-0.3, -0.25) is 14.5 Å². The van der Waals surface area contributed by atoms with Crippen molar-refractivity contribution in [2.24, 2.45) is 11.7 Å². The summed E-state index contributed by atoms with van der Waals surface area (Å²) >= 11 is 0. The molecule has 0 unspecified atom stereocenters. The Morgan fingerprint density at radius 2 is 2.08 bits per heavy atom. The summed E-state index contributed by atoms with van der Waals surface area (Å²) in [4.78, 5) is 34.3. The standard InChI is InChI=1S/C27H39N5O6/c1-3-4-9-31(10-5-7-28)24(33)16-32-15-20(19-13-22(36-2)26-23(14-19)37-18-38-26)25(27(34)35)21(32)6-11-30-12-8-29-17-30/h8,12-14,17,20-21,25H,3-7,9-11,15-16,18,28H2,1-2H3,(H,34,35)/t20-,21+,25-/m1/s1. The van der Waals surface area contributed by atoms with Gasteiger partial charge in [-0.1, -0.05) is 13.3 Å². The van der Waals surface area contributed by atoms with Crippen molar-refractivity contribution in [2.75, 3.05) is 46.6 Å². The van der Waals surface area contributed by atoms with Gasteiger partial charge in [0.15, 0.2) is 11.5 Å². The van der Waals surface area contributed by atoms with Crippen LogP contribution in [0, 0.1) is 5.92 Å². The molecule has 1 saturated heterocycles. The molecule has 208 valence electrons. The van der Waals surface area contributed by atoms with Gasteiger partial charge in [0.2, 0.25) is 18.4 Å². The van der Waals surface area contributed by atoms with Crippen LogP contribution in [0.5, 0.6) is 17.2 Å². The molecule has 2 aliphatic heterocycles. The largest absolute Gasteiger partial charge is 0.493 e. The molecule has 0 bridgehead atoms. The molecule has 0 saturated carbocycles. The van der Waals surface area contributed by atoms with Gasteiger partial charge in [0.05, 0.1) is 25.9 Å². The third-order valence-electron chi connectivity index (χ3n) is 7.49. The van der Waals surface area contributed by atoms with Crippen LogP contribution >= 0.6 is 0 Å². The van der Waals surface area contributed by atoms with Crippen LogP contribution in [0.15, 0.2) is 30.9 Å². The van der Waals surface area contributed by atoms with E-state index < -0.39 is 11.9 Å². The maximum atomic E-state index is 13.5. The van der Waals surface area contributed by atoms with Gasteiger partial charge in [-0.25, -0.2) is 4.98 Å². The molecule has 1 aromatic heterocycles. The van der Waals surface area contributed by atoms with E-state index in [1.807, 2.05) is 32.7 Å². The smallest absolute Gasteiger partial charge is 0.308 e. The first kappa shape index (κ1) is 27.7. The summed E-state index contributed by atoms with van der Waals surface area (Å²) in [6.07, 6.45) is 8.48. The number of hydrogen-bond acceptors (Lipinski definition) is 8. The molecule has 3 heterocycles. The first-order valence-electron chi connectivity index (χ1n) is 13.3. The molecule has 38 heavy (non-hydrogen) atoms. The normalized spacial score (nSPS) is 20.6. The lowest BCUT2D eigenvalue weighted by Crippen LogP contribution is -2.45. The van der Waals surface area contributed by atoms with Crippen molar-refractivity contribution in [3.63, 3.8) is 0 Å². The second-order valence-electron chi connectivity index (χ2n) is 9.89. The minimum atomic E-state index is -0.886. The predicted octanol–water partition coefficient (Wildman–Crippen LogP) is 2.16. The summed E-state index contributed by atoms with van der Waals surface area (Å²) in [6.45, 7) is 5.17. The van der Waals surface area contributed by atoms with E-state index in [0.717, 1.165) is 24.8 Å². The average Bonchev–Trinajstić information content (AvgIpc) is 3.67. The highest BCUT2D eigenvalue weighted by atomic mass is 16.7. The van der Waals surface area contributed by atoms with Crippen LogP contribution < -0.4 is 19.9 Å². The molecule has 1 aromatic carbocycles. The molecule has 2 aromatic rings. The van der Waals surface area contributed by atoms with E-state index in [1.54, 1.807) is 19.6 Å². The molecule has 1 amide bonds. The minimum Gasteiger partial charge on any atom is -0.493 e. The summed E-state index contributed by atoms with van der Waals surface area (Å²) < 4.78 is 18.6. The number of nitrogens with two attached hydrogens (primary N) is 1. The lowest BCUT2D eigenvalue weighted by Gasteiger charge is -2.30. The number of hydrogen-bond donors (Lipinski definition) is 2. The molecule has 0 spiro atoms. The number of nitrogens with zero attached hydrogens (tertiary/aromatic N) is 4. The Labute approximate surface area is 223 Å². The van der Waals surface area contributed by atoms with Gasteiger partial charge in [-0.15, -0.1) is 0 Å². The number of carboxylic acids is 1. The van der Waals surface area contributed by atoms with Crippen molar-refractivity contribution in [2.45, 2.75) is 51.1 Å². The number of ether oxygens (including phenoxy) is 3. The Hall–Kier alpha value is -3.31. The molecule has 0 radical (unpaired) electrons. The number of aliphatic carboxylic acids is 1. The molecule has 3 atom stereocenters. The quantitative estimate of drug-likeness (QED) is 0.378. The summed E-state index contributed by atoms with van der Waals surface area (Å²) in [5.74, 6) is -0.377. The highest BCUT2D eigenvalue weighted by Crippen LogP contribution is 2.47. The molecule has 1 fully saturated rings. The van der Waals surface area contributed by atoms with E-state index in [1.165, 1.54) is 0 Å². The Morgan fingerprint density at radius 1 is 1.26 bits per heavy atom. The van der Waals surface area contributed by atoms with Crippen LogP contribution in [0.2, 0.25) is 0 Å². The predicted molar refractivity (Wildman–Crippen MR) is 140 cm³/mol. The number of likely N-dealkylation sites (tertiary alicyclic amines) is 1. The molecular weight excluding hydrogens is 490 g/mol. The lowest BCUT2D eigenvalue weighted by molar-refractivity contribution is -0.144. The number of methoxy groups -OCH3 is 1. The SMILES string of the molecule is CCCCN(CCCN)C(=O)CN1C[C@H](c2cc(OC)c3c(c2)OCO3)[C@@H](C(=O)O)[C@@H]1CCn1ccnc1. The Kier molecular flexibility index (Phi) is 9.46. The van der Waals surface area contributed by atoms with E-state index in [4.69, 9.17) is 19.9 Å². The fourth-order valence-corrected chi connectivity index (χ4v) is 5.52. The van der Waals surface area contributed by atoms with Gasteiger partial charge in [0.1, 0.15) is 0 Å². The van der Waals surface area contributed by atoms with Gasteiger partial charge in [0, 0.05) is 50.5 Å². The Bertz CT molecular complexity index is 1070. The van der Waals surface area contributed by atoms with E-state index in [0.29, 0.717) is 56.4 Å². The van der Waals surface area contributed by atoms with Crippen LogP contribution in [-0.4, -0.2) is 89.0 Å². The second kappa shape index (κ2) is 13.0. The third-order valence-corrected chi connectivity index (χ3v) is 7.49. The topological polar surface area (TPSA) is 132 Å². The zero-order valence-electron chi connectivity index (χ0n) is 22.3. The highest BCUT2D eigenvalue weighted by Gasteiger charge is 2.47. The number of aromatic nitrogens is 2. The molecule has 3 N–H and O–H groups in total. The van der Waals surface area contributed by atoms with E-state index in [9.17, 15) is 14.7 Å². The summed E-state index contributed by atoms with van der Waals surface area (Å²) in [5.41, 5.74) is 6.52. The van der Waals surface area contributed by atoms with Crippen LogP contribution in [-0.2, 0) is 16.1 Å². The number of benzene rings is 1. The van der Waals surface area contributed by atoms with Gasteiger partial charge in [-0.05, 0) is 43.5 Å². The van der Waals surface area contributed by atoms with Gasteiger partial charge in [-0.2, -0.15) is 0 Å². The van der Waals surface area contributed by atoms with Crippen LogP contribution in [0.1, 0.15) is 44.1 Å². The Balaban J connectivity index is 1.62. The van der Waals surface area contributed by atoms with Crippen molar-refractivity contribution in [1.82, 2.24) is 19.4 Å². The number of unbranched alkanes of at least 4 members (excludes halogenated alkanes) is 1. The average molecular weight is 530 g/mol. The molecular formula is C27H39N5O6. The maximum absolute atomic E-state index is 13.5. The lowest BCUT2D eigenvalue weighted by atomic mass is 9.84. The van der Waals surface area contributed by atoms with Gasteiger partial charge < -0.3 is 34.5 Å². The monoisotopic (exact) mass is 529 g/mol. The molecule has 11 nitrogen and oxygen atoms in total. The zero-order chi connectivity index (χ0) is 27.1. The number of carbonyl (C=O) groups excluding carboxylic acids is 1. The van der Waals surface area contributed by atoms with Crippen molar-refractivity contribution >= 4 is 11.9 Å². The molecule has 0 aliphatic carbocycles. The number of amides is 1. The fraction of sp³-hybridized carbons (Fsp3) is 0.593. The third kappa shape index (κ3) is 6.21. The maximum Gasteiger partial charge on any atom is 0.308 e. The van der Waals surface area contributed by atoms with Crippen LogP contribution in [0.3, 0.4) is 0 Å². The zero-order valence-corrected chi connectivity index (χ0v) is 22.3. The van der Waals surface area contributed by atoms with Gasteiger partial charge >= 0.3 is 5.97 Å². The number of carbonyl (C=O) groups is 2. The van der Waals surface area contributed by atoms with E-state index in [-0.39, 0.29) is 31.2 Å². The molecule has 11 heteroatoms. The first-order chi connectivity index (χ1) is 18.5.